The van der Waals surface area contributed by atoms with Gasteiger partial charge in [-0.25, -0.2) is 0 Å². The number of carbonyl (C=O) groups is 1. The maximum Gasteiger partial charge on any atom is 0.226 e. The van der Waals surface area contributed by atoms with Crippen LogP contribution in [0.2, 0.25) is 0 Å². The number of benzene rings is 1. The third-order valence-corrected chi connectivity index (χ3v) is 4.58. The average molecular weight is 345 g/mol. The van der Waals surface area contributed by atoms with E-state index in [-0.39, 0.29) is 11.8 Å². The van der Waals surface area contributed by atoms with Crippen LogP contribution >= 0.6 is 0 Å². The van der Waals surface area contributed by atoms with Crippen LogP contribution in [0.25, 0.3) is 0 Å². The summed E-state index contributed by atoms with van der Waals surface area (Å²) in [4.78, 5) is 18.5. The number of anilines is 1. The minimum Gasteiger partial charge on any atom is -0.352 e. The number of aliphatic imine (C=N–C) groups is 1. The molecule has 5 heteroatoms. The van der Waals surface area contributed by atoms with Gasteiger partial charge >= 0.3 is 0 Å². The maximum absolute atomic E-state index is 11.7. The number of nitrogens with one attached hydrogen (secondary N) is 2. The molecule has 1 amide bonds. The summed E-state index contributed by atoms with van der Waals surface area (Å²) in [5, 5.41) is 6.38. The third kappa shape index (κ3) is 5.76. The Balaban J connectivity index is 1.90. The summed E-state index contributed by atoms with van der Waals surface area (Å²) >= 11 is 0. The maximum atomic E-state index is 11.7. The van der Waals surface area contributed by atoms with Gasteiger partial charge in [0.25, 0.3) is 0 Å². The molecular formula is C20H32N4O. The van der Waals surface area contributed by atoms with Gasteiger partial charge in [0.15, 0.2) is 5.96 Å². The number of rotatable bonds is 4. The quantitative estimate of drug-likeness (QED) is 0.651. The largest absolute Gasteiger partial charge is 0.352 e. The Labute approximate surface area is 151 Å². The molecule has 0 aromatic heterocycles. The lowest BCUT2D eigenvalue weighted by Crippen LogP contribution is -2.48. The van der Waals surface area contributed by atoms with Crippen molar-refractivity contribution in [3.05, 3.63) is 29.8 Å². The van der Waals surface area contributed by atoms with E-state index in [1.165, 1.54) is 12.0 Å². The van der Waals surface area contributed by atoms with E-state index in [1.54, 1.807) is 0 Å². The first-order valence-electron chi connectivity index (χ1n) is 9.24. The van der Waals surface area contributed by atoms with Gasteiger partial charge in [-0.15, -0.1) is 0 Å². The van der Waals surface area contributed by atoms with Crippen LogP contribution in [-0.4, -0.2) is 36.9 Å². The molecule has 1 aromatic rings. The van der Waals surface area contributed by atoms with Crippen LogP contribution in [0, 0.1) is 17.8 Å². The van der Waals surface area contributed by atoms with Crippen molar-refractivity contribution in [2.24, 2.45) is 22.7 Å². The van der Waals surface area contributed by atoms with Crippen molar-refractivity contribution in [2.45, 2.75) is 40.7 Å². The molecule has 0 saturated carbocycles. The molecule has 1 aliphatic heterocycles. The van der Waals surface area contributed by atoms with Gasteiger partial charge in [0.1, 0.15) is 0 Å². The Morgan fingerprint density at radius 3 is 2.32 bits per heavy atom. The Kier molecular flexibility index (Phi) is 6.85. The van der Waals surface area contributed by atoms with Crippen molar-refractivity contribution in [2.75, 3.05) is 25.5 Å². The van der Waals surface area contributed by atoms with Crippen molar-refractivity contribution in [1.82, 2.24) is 10.2 Å². The number of carbonyl (C=O) groups excluding carboxylic acids is 1. The minimum absolute atomic E-state index is 0.0148. The van der Waals surface area contributed by atoms with Gasteiger partial charge in [0.05, 0.1) is 0 Å². The topological polar surface area (TPSA) is 56.7 Å². The highest BCUT2D eigenvalue weighted by molar-refractivity contribution is 5.92. The lowest BCUT2D eigenvalue weighted by atomic mass is 9.92. The summed E-state index contributed by atoms with van der Waals surface area (Å²) in [6, 6.07) is 7.98. The van der Waals surface area contributed by atoms with Gasteiger partial charge in [-0.2, -0.15) is 0 Å². The van der Waals surface area contributed by atoms with E-state index in [9.17, 15) is 4.79 Å². The minimum atomic E-state index is -0.0148. The van der Waals surface area contributed by atoms with Crippen LogP contribution < -0.4 is 10.6 Å². The zero-order valence-electron chi connectivity index (χ0n) is 16.2. The number of guanidine groups is 1. The highest BCUT2D eigenvalue weighted by atomic mass is 16.1. The second-order valence-electron chi connectivity index (χ2n) is 7.59. The van der Waals surface area contributed by atoms with Gasteiger partial charge in [-0.05, 0) is 36.0 Å². The number of piperidine rings is 1. The van der Waals surface area contributed by atoms with E-state index >= 15 is 0 Å². The molecule has 1 aromatic carbocycles. The normalized spacial score (nSPS) is 21.4. The molecular weight excluding hydrogens is 312 g/mol. The fourth-order valence-electron chi connectivity index (χ4n) is 3.34. The Bertz CT molecular complexity index is 584. The summed E-state index contributed by atoms with van der Waals surface area (Å²) in [6.07, 6.45) is 1.29. The molecule has 2 rings (SSSR count). The van der Waals surface area contributed by atoms with E-state index < -0.39 is 0 Å². The predicted molar refractivity (Wildman–Crippen MR) is 105 cm³/mol. The van der Waals surface area contributed by atoms with Crippen LogP contribution in [0.4, 0.5) is 5.69 Å². The molecule has 1 aliphatic rings. The summed E-state index contributed by atoms with van der Waals surface area (Å²) in [7, 11) is 1.84. The van der Waals surface area contributed by atoms with Crippen LogP contribution in [-0.2, 0) is 11.3 Å². The summed E-state index contributed by atoms with van der Waals surface area (Å²) in [6.45, 7) is 11.2. The molecule has 5 nitrogen and oxygen atoms in total. The fraction of sp³-hybridized carbons (Fsp3) is 0.600. The lowest BCUT2D eigenvalue weighted by molar-refractivity contribution is -0.118. The number of likely N-dealkylation sites (tertiary alicyclic amines) is 1. The molecule has 0 bridgehead atoms. The van der Waals surface area contributed by atoms with Crippen molar-refractivity contribution < 1.29 is 4.79 Å². The van der Waals surface area contributed by atoms with Crippen molar-refractivity contribution >= 4 is 17.6 Å². The van der Waals surface area contributed by atoms with Gasteiger partial charge < -0.3 is 15.5 Å². The first-order valence-corrected chi connectivity index (χ1v) is 9.24. The third-order valence-electron chi connectivity index (χ3n) is 4.58. The fourth-order valence-corrected chi connectivity index (χ4v) is 3.34. The average Bonchev–Trinajstić information content (AvgIpc) is 2.56. The lowest BCUT2D eigenvalue weighted by Gasteiger charge is -2.37. The number of hydrogen-bond acceptors (Lipinski definition) is 2. The van der Waals surface area contributed by atoms with Crippen LogP contribution in [0.3, 0.4) is 0 Å². The Hall–Kier alpha value is -2.04. The second kappa shape index (κ2) is 8.88. The molecule has 138 valence electrons. The van der Waals surface area contributed by atoms with Crippen molar-refractivity contribution in [3.63, 3.8) is 0 Å². The molecule has 1 fully saturated rings. The number of hydrogen-bond donors (Lipinski definition) is 2. The van der Waals surface area contributed by atoms with E-state index in [4.69, 9.17) is 0 Å². The standard InChI is InChI=1S/C20H32N4O/c1-14(2)19(25)23-18-8-6-17(7-9-18)11-22-20(21-5)24-12-15(3)10-16(4)13-24/h6-9,14-16H,10-13H2,1-5H3,(H,21,22)(H,23,25). The van der Waals surface area contributed by atoms with Gasteiger partial charge in [-0.1, -0.05) is 39.8 Å². The van der Waals surface area contributed by atoms with Crippen LogP contribution in [0.5, 0.6) is 0 Å². The molecule has 2 atom stereocenters. The SMILES string of the molecule is CN=C(NCc1ccc(NC(=O)C(C)C)cc1)N1CC(C)CC(C)C1. The van der Waals surface area contributed by atoms with Crippen molar-refractivity contribution in [3.8, 4) is 0 Å². The molecule has 0 aliphatic carbocycles. The summed E-state index contributed by atoms with van der Waals surface area (Å²) in [5.74, 6) is 2.39. The second-order valence-corrected chi connectivity index (χ2v) is 7.59. The van der Waals surface area contributed by atoms with E-state index in [0.717, 1.165) is 31.3 Å². The Morgan fingerprint density at radius 1 is 1.20 bits per heavy atom. The first-order chi connectivity index (χ1) is 11.9. The molecule has 1 heterocycles. The van der Waals surface area contributed by atoms with E-state index in [2.05, 4.69) is 34.4 Å². The molecule has 1 saturated heterocycles. The molecule has 2 unspecified atom stereocenters. The van der Waals surface area contributed by atoms with Crippen molar-refractivity contribution in [1.29, 1.82) is 0 Å². The number of nitrogens with zero attached hydrogens (tertiary/aromatic N) is 2. The zero-order valence-corrected chi connectivity index (χ0v) is 16.2. The first kappa shape index (κ1) is 19.3. The number of amides is 1. The van der Waals surface area contributed by atoms with Crippen LogP contribution in [0.1, 0.15) is 39.7 Å². The highest BCUT2D eigenvalue weighted by Crippen LogP contribution is 2.21. The summed E-state index contributed by atoms with van der Waals surface area (Å²) < 4.78 is 0. The molecule has 0 spiro atoms. The predicted octanol–water partition coefficient (Wildman–Crippen LogP) is 3.33. The monoisotopic (exact) mass is 344 g/mol. The molecule has 2 N–H and O–H groups in total. The van der Waals surface area contributed by atoms with Gasteiger partial charge in [0, 0.05) is 38.3 Å². The van der Waals surface area contributed by atoms with E-state index in [1.807, 2.05) is 45.2 Å². The Morgan fingerprint density at radius 2 is 1.80 bits per heavy atom. The highest BCUT2D eigenvalue weighted by Gasteiger charge is 2.23. The van der Waals surface area contributed by atoms with Gasteiger partial charge in [-0.3, -0.25) is 9.79 Å². The van der Waals surface area contributed by atoms with E-state index in [0.29, 0.717) is 11.8 Å². The summed E-state index contributed by atoms with van der Waals surface area (Å²) in [5.41, 5.74) is 2.01. The molecule has 0 radical (unpaired) electrons. The van der Waals surface area contributed by atoms with Crippen LogP contribution in [0.15, 0.2) is 29.3 Å². The smallest absolute Gasteiger partial charge is 0.226 e. The van der Waals surface area contributed by atoms with Gasteiger partial charge in [0.2, 0.25) is 5.91 Å². The zero-order chi connectivity index (χ0) is 18.4. The molecule has 25 heavy (non-hydrogen) atoms.